The van der Waals surface area contributed by atoms with Crippen molar-refractivity contribution in [1.82, 2.24) is 5.32 Å². The van der Waals surface area contributed by atoms with Crippen LogP contribution in [0.25, 0.3) is 0 Å². The molecule has 1 rings (SSSR count). The number of esters is 1. The van der Waals surface area contributed by atoms with Gasteiger partial charge in [0.05, 0.1) is 10.6 Å². The van der Waals surface area contributed by atoms with Gasteiger partial charge in [-0.2, -0.15) is 0 Å². The molecule has 4 heteroatoms. The first kappa shape index (κ1) is 14.0. The van der Waals surface area contributed by atoms with Gasteiger partial charge in [0.2, 0.25) is 0 Å². The van der Waals surface area contributed by atoms with E-state index in [2.05, 4.69) is 12.2 Å². The van der Waals surface area contributed by atoms with Crippen LogP contribution in [0.2, 0.25) is 5.02 Å². The number of carbonyl (C=O) groups is 1. The fourth-order valence-corrected chi connectivity index (χ4v) is 1.56. The van der Waals surface area contributed by atoms with E-state index in [1.54, 1.807) is 24.3 Å². The Morgan fingerprint density at radius 1 is 1.35 bits per heavy atom. The van der Waals surface area contributed by atoms with Gasteiger partial charge in [-0.15, -0.1) is 0 Å². The number of ether oxygens (including phenoxy) is 1. The molecule has 0 radical (unpaired) electrons. The minimum atomic E-state index is -0.368. The summed E-state index contributed by atoms with van der Waals surface area (Å²) < 4.78 is 5.10. The Hall–Kier alpha value is -1.06. The van der Waals surface area contributed by atoms with Gasteiger partial charge in [0.25, 0.3) is 0 Å². The third-order valence-corrected chi connectivity index (χ3v) is 2.64. The molecular formula is C13H18ClNO2. The second kappa shape index (κ2) is 8.09. The van der Waals surface area contributed by atoms with Crippen molar-refractivity contribution in [2.45, 2.75) is 19.8 Å². The lowest BCUT2D eigenvalue weighted by molar-refractivity contribution is 0.0509. The van der Waals surface area contributed by atoms with Gasteiger partial charge in [0.15, 0.2) is 0 Å². The van der Waals surface area contributed by atoms with E-state index in [0.717, 1.165) is 19.4 Å². The summed E-state index contributed by atoms with van der Waals surface area (Å²) in [5.41, 5.74) is 0.419. The predicted octanol–water partition coefficient (Wildman–Crippen LogP) is 2.89. The highest BCUT2D eigenvalue weighted by molar-refractivity contribution is 6.33. The van der Waals surface area contributed by atoms with E-state index in [4.69, 9.17) is 16.3 Å². The Morgan fingerprint density at radius 3 is 2.82 bits per heavy atom. The second-order valence-corrected chi connectivity index (χ2v) is 4.13. The van der Waals surface area contributed by atoms with Crippen LogP contribution in [0.15, 0.2) is 24.3 Å². The number of halogens is 1. The molecule has 0 heterocycles. The van der Waals surface area contributed by atoms with Crippen molar-refractivity contribution in [2.24, 2.45) is 0 Å². The molecule has 0 unspecified atom stereocenters. The van der Waals surface area contributed by atoms with Gasteiger partial charge in [0.1, 0.15) is 6.61 Å². The normalized spacial score (nSPS) is 10.2. The van der Waals surface area contributed by atoms with Crippen molar-refractivity contribution >= 4 is 17.6 Å². The van der Waals surface area contributed by atoms with Gasteiger partial charge >= 0.3 is 5.97 Å². The summed E-state index contributed by atoms with van der Waals surface area (Å²) in [5, 5.41) is 3.62. The number of rotatable bonds is 7. The van der Waals surface area contributed by atoms with Crippen molar-refractivity contribution in [2.75, 3.05) is 19.7 Å². The molecule has 0 spiro atoms. The van der Waals surface area contributed by atoms with Crippen molar-refractivity contribution < 1.29 is 9.53 Å². The van der Waals surface area contributed by atoms with Crippen molar-refractivity contribution in [3.8, 4) is 0 Å². The molecule has 1 aromatic rings. The summed E-state index contributed by atoms with van der Waals surface area (Å²) in [5.74, 6) is -0.368. The monoisotopic (exact) mass is 255 g/mol. The molecule has 0 aliphatic carbocycles. The number of hydrogen-bond acceptors (Lipinski definition) is 3. The minimum Gasteiger partial charge on any atom is -0.461 e. The molecule has 1 N–H and O–H groups in total. The van der Waals surface area contributed by atoms with E-state index in [0.29, 0.717) is 23.7 Å². The van der Waals surface area contributed by atoms with Crippen LogP contribution < -0.4 is 5.32 Å². The maximum Gasteiger partial charge on any atom is 0.339 e. The molecule has 0 aromatic heterocycles. The summed E-state index contributed by atoms with van der Waals surface area (Å²) in [6.07, 6.45) is 2.30. The number of carbonyl (C=O) groups excluding carboxylic acids is 1. The van der Waals surface area contributed by atoms with Crippen LogP contribution in [-0.4, -0.2) is 25.7 Å². The van der Waals surface area contributed by atoms with Crippen molar-refractivity contribution in [3.63, 3.8) is 0 Å². The lowest BCUT2D eigenvalue weighted by Gasteiger charge is -2.06. The first-order chi connectivity index (χ1) is 8.25. The summed E-state index contributed by atoms with van der Waals surface area (Å²) in [7, 11) is 0. The zero-order valence-corrected chi connectivity index (χ0v) is 10.8. The SMILES string of the molecule is CCCCNCCOC(=O)c1ccccc1Cl. The first-order valence-corrected chi connectivity index (χ1v) is 6.26. The van der Waals surface area contributed by atoms with E-state index >= 15 is 0 Å². The number of nitrogens with one attached hydrogen (secondary N) is 1. The summed E-state index contributed by atoms with van der Waals surface area (Å²) in [4.78, 5) is 11.6. The summed E-state index contributed by atoms with van der Waals surface area (Å²) in [6.45, 7) is 4.14. The maximum absolute atomic E-state index is 11.6. The van der Waals surface area contributed by atoms with E-state index in [9.17, 15) is 4.79 Å². The Morgan fingerprint density at radius 2 is 2.12 bits per heavy atom. The van der Waals surface area contributed by atoms with Crippen LogP contribution in [0, 0.1) is 0 Å². The fourth-order valence-electron chi connectivity index (χ4n) is 1.35. The van der Waals surface area contributed by atoms with E-state index in [1.165, 1.54) is 0 Å². The Bertz CT molecular complexity index is 355. The minimum absolute atomic E-state index is 0.368. The fraction of sp³-hybridized carbons (Fsp3) is 0.462. The molecule has 0 saturated heterocycles. The lowest BCUT2D eigenvalue weighted by atomic mass is 10.2. The van der Waals surface area contributed by atoms with Gasteiger partial charge in [0, 0.05) is 6.54 Å². The summed E-state index contributed by atoms with van der Waals surface area (Å²) in [6, 6.07) is 6.89. The quantitative estimate of drug-likeness (QED) is 0.601. The standard InChI is InChI=1S/C13H18ClNO2/c1-2-3-8-15-9-10-17-13(16)11-6-4-5-7-12(11)14/h4-7,15H,2-3,8-10H2,1H3. The third-order valence-electron chi connectivity index (χ3n) is 2.31. The predicted molar refractivity (Wildman–Crippen MR) is 69.5 cm³/mol. The van der Waals surface area contributed by atoms with Crippen LogP contribution in [0.4, 0.5) is 0 Å². The first-order valence-electron chi connectivity index (χ1n) is 5.88. The molecule has 0 aliphatic heterocycles. The molecule has 0 atom stereocenters. The Balaban J connectivity index is 2.24. The van der Waals surface area contributed by atoms with Crippen molar-refractivity contribution in [3.05, 3.63) is 34.9 Å². The van der Waals surface area contributed by atoms with E-state index in [1.807, 2.05) is 0 Å². The molecule has 3 nitrogen and oxygen atoms in total. The molecule has 0 bridgehead atoms. The zero-order chi connectivity index (χ0) is 12.5. The topological polar surface area (TPSA) is 38.3 Å². The molecular weight excluding hydrogens is 238 g/mol. The summed E-state index contributed by atoms with van der Waals surface area (Å²) >= 11 is 5.88. The number of benzene rings is 1. The molecule has 17 heavy (non-hydrogen) atoms. The molecule has 1 aromatic carbocycles. The average Bonchev–Trinajstić information content (AvgIpc) is 2.34. The molecule has 0 saturated carbocycles. The van der Waals surface area contributed by atoms with Crippen LogP contribution in [0.5, 0.6) is 0 Å². The van der Waals surface area contributed by atoms with Crippen LogP contribution in [0.3, 0.4) is 0 Å². The average molecular weight is 256 g/mol. The zero-order valence-electron chi connectivity index (χ0n) is 10.0. The van der Waals surface area contributed by atoms with Gasteiger partial charge in [-0.05, 0) is 25.1 Å². The van der Waals surface area contributed by atoms with Gasteiger partial charge in [-0.25, -0.2) is 4.79 Å². The molecule has 94 valence electrons. The lowest BCUT2D eigenvalue weighted by Crippen LogP contribution is -2.22. The van der Waals surface area contributed by atoms with Gasteiger partial charge < -0.3 is 10.1 Å². The van der Waals surface area contributed by atoms with Crippen molar-refractivity contribution in [1.29, 1.82) is 0 Å². The molecule has 0 amide bonds. The largest absolute Gasteiger partial charge is 0.461 e. The van der Waals surface area contributed by atoms with Gasteiger partial charge in [-0.3, -0.25) is 0 Å². The smallest absolute Gasteiger partial charge is 0.339 e. The highest BCUT2D eigenvalue weighted by Crippen LogP contribution is 2.15. The van der Waals surface area contributed by atoms with Gasteiger partial charge in [-0.1, -0.05) is 37.1 Å². The van der Waals surface area contributed by atoms with Crippen LogP contribution >= 0.6 is 11.6 Å². The van der Waals surface area contributed by atoms with E-state index < -0.39 is 0 Å². The number of unbranched alkanes of at least 4 members (excludes halogenated alkanes) is 1. The highest BCUT2D eigenvalue weighted by atomic mass is 35.5. The molecule has 0 fully saturated rings. The maximum atomic E-state index is 11.6. The van der Waals surface area contributed by atoms with E-state index in [-0.39, 0.29) is 5.97 Å². The Labute approximate surface area is 107 Å². The third kappa shape index (κ3) is 5.20. The van der Waals surface area contributed by atoms with Crippen LogP contribution in [-0.2, 0) is 4.74 Å². The second-order valence-electron chi connectivity index (χ2n) is 3.72. The number of hydrogen-bond donors (Lipinski definition) is 1. The Kier molecular flexibility index (Phi) is 6.67. The van der Waals surface area contributed by atoms with Crippen LogP contribution in [0.1, 0.15) is 30.1 Å². The molecule has 0 aliphatic rings. The highest BCUT2D eigenvalue weighted by Gasteiger charge is 2.09.